The van der Waals surface area contributed by atoms with Gasteiger partial charge in [-0.15, -0.1) is 12.3 Å². The van der Waals surface area contributed by atoms with Crippen LogP contribution < -0.4 is 5.32 Å². The van der Waals surface area contributed by atoms with Crippen molar-refractivity contribution in [2.45, 2.75) is 45.6 Å². The zero-order valence-corrected chi connectivity index (χ0v) is 10.9. The molecule has 17 heavy (non-hydrogen) atoms. The molecule has 0 radical (unpaired) electrons. The lowest BCUT2D eigenvalue weighted by atomic mass is 10.0. The standard InChI is InChI=1S/C15H22N2/c1-4-6-7-8-14(16-10-5-2)15-12-13(3)9-11-17-15/h1,9,11-12,14,16H,5-8,10H2,2-3H3. The van der Waals surface area contributed by atoms with Crippen LogP contribution in [0.4, 0.5) is 0 Å². The van der Waals surface area contributed by atoms with E-state index in [1.54, 1.807) is 0 Å². The van der Waals surface area contributed by atoms with Crippen molar-refractivity contribution in [3.8, 4) is 12.3 Å². The molecule has 0 aliphatic heterocycles. The van der Waals surface area contributed by atoms with E-state index in [0.717, 1.165) is 37.9 Å². The van der Waals surface area contributed by atoms with E-state index in [1.165, 1.54) is 5.56 Å². The van der Waals surface area contributed by atoms with Gasteiger partial charge in [0.1, 0.15) is 0 Å². The van der Waals surface area contributed by atoms with Crippen molar-refractivity contribution in [2.24, 2.45) is 0 Å². The van der Waals surface area contributed by atoms with Crippen LogP contribution in [0, 0.1) is 19.3 Å². The van der Waals surface area contributed by atoms with Gasteiger partial charge in [-0.1, -0.05) is 6.92 Å². The number of rotatable bonds is 7. The quantitative estimate of drug-likeness (QED) is 0.574. The Morgan fingerprint density at radius 3 is 3.00 bits per heavy atom. The van der Waals surface area contributed by atoms with Gasteiger partial charge in [-0.2, -0.15) is 0 Å². The Morgan fingerprint density at radius 1 is 1.53 bits per heavy atom. The van der Waals surface area contributed by atoms with Gasteiger partial charge in [0, 0.05) is 18.7 Å². The van der Waals surface area contributed by atoms with E-state index >= 15 is 0 Å². The monoisotopic (exact) mass is 230 g/mol. The lowest BCUT2D eigenvalue weighted by Crippen LogP contribution is -2.23. The van der Waals surface area contributed by atoms with E-state index in [0.29, 0.717) is 6.04 Å². The molecule has 92 valence electrons. The summed E-state index contributed by atoms with van der Waals surface area (Å²) in [6.07, 6.45) is 11.3. The van der Waals surface area contributed by atoms with E-state index in [9.17, 15) is 0 Å². The molecule has 1 unspecified atom stereocenters. The van der Waals surface area contributed by atoms with Crippen molar-refractivity contribution >= 4 is 0 Å². The largest absolute Gasteiger partial charge is 0.309 e. The van der Waals surface area contributed by atoms with Crippen molar-refractivity contribution in [1.82, 2.24) is 10.3 Å². The average molecular weight is 230 g/mol. The maximum Gasteiger partial charge on any atom is 0.0575 e. The van der Waals surface area contributed by atoms with Crippen molar-refractivity contribution in [2.75, 3.05) is 6.54 Å². The molecule has 0 fully saturated rings. The molecule has 1 N–H and O–H groups in total. The van der Waals surface area contributed by atoms with Crippen LogP contribution in [0.5, 0.6) is 0 Å². The van der Waals surface area contributed by atoms with E-state index in [-0.39, 0.29) is 0 Å². The minimum atomic E-state index is 0.336. The summed E-state index contributed by atoms with van der Waals surface area (Å²) < 4.78 is 0. The van der Waals surface area contributed by atoms with Crippen LogP contribution in [0.1, 0.15) is 49.9 Å². The Bertz CT molecular complexity index is 365. The lowest BCUT2D eigenvalue weighted by Gasteiger charge is -2.17. The molecule has 1 heterocycles. The Labute approximate surface area is 105 Å². The molecule has 0 aliphatic carbocycles. The lowest BCUT2D eigenvalue weighted by molar-refractivity contribution is 0.477. The molecule has 1 atom stereocenters. The molecule has 1 aromatic heterocycles. The highest BCUT2D eigenvalue weighted by atomic mass is 14.9. The van der Waals surface area contributed by atoms with Crippen LogP contribution in [0.2, 0.25) is 0 Å². The highest BCUT2D eigenvalue weighted by molar-refractivity contribution is 5.17. The number of pyridine rings is 1. The van der Waals surface area contributed by atoms with Gasteiger partial charge >= 0.3 is 0 Å². The maximum absolute atomic E-state index is 5.29. The summed E-state index contributed by atoms with van der Waals surface area (Å²) in [4.78, 5) is 4.46. The summed E-state index contributed by atoms with van der Waals surface area (Å²) in [6.45, 7) is 5.30. The molecular formula is C15H22N2. The van der Waals surface area contributed by atoms with Gasteiger partial charge in [0.15, 0.2) is 0 Å². The molecule has 0 saturated heterocycles. The fourth-order valence-corrected chi connectivity index (χ4v) is 1.83. The van der Waals surface area contributed by atoms with Crippen molar-refractivity contribution in [3.63, 3.8) is 0 Å². The smallest absolute Gasteiger partial charge is 0.0575 e. The molecule has 1 rings (SSSR count). The van der Waals surface area contributed by atoms with E-state index in [1.807, 2.05) is 12.3 Å². The maximum atomic E-state index is 5.29. The van der Waals surface area contributed by atoms with Crippen molar-refractivity contribution in [3.05, 3.63) is 29.6 Å². The Hall–Kier alpha value is -1.33. The minimum Gasteiger partial charge on any atom is -0.309 e. The average Bonchev–Trinajstić information content (AvgIpc) is 2.33. The molecule has 0 aliphatic rings. The first-order valence-corrected chi connectivity index (χ1v) is 6.37. The molecule has 0 spiro atoms. The van der Waals surface area contributed by atoms with E-state index < -0.39 is 0 Å². The molecule has 0 saturated carbocycles. The van der Waals surface area contributed by atoms with Crippen LogP contribution >= 0.6 is 0 Å². The predicted octanol–water partition coefficient (Wildman–Crippen LogP) is 3.23. The number of hydrogen-bond donors (Lipinski definition) is 1. The third-order valence-corrected chi connectivity index (χ3v) is 2.75. The Morgan fingerprint density at radius 2 is 2.35 bits per heavy atom. The molecule has 0 amide bonds. The van der Waals surface area contributed by atoms with Gasteiger partial charge in [-0.3, -0.25) is 4.98 Å². The van der Waals surface area contributed by atoms with Crippen LogP contribution in [0.3, 0.4) is 0 Å². The first-order valence-electron chi connectivity index (χ1n) is 6.37. The number of aromatic nitrogens is 1. The second kappa shape index (κ2) is 7.86. The summed E-state index contributed by atoms with van der Waals surface area (Å²) >= 11 is 0. The zero-order valence-electron chi connectivity index (χ0n) is 10.9. The molecular weight excluding hydrogens is 208 g/mol. The van der Waals surface area contributed by atoms with Gasteiger partial charge in [0.2, 0.25) is 0 Å². The second-order valence-electron chi connectivity index (χ2n) is 4.36. The summed E-state index contributed by atoms with van der Waals surface area (Å²) in [7, 11) is 0. The van der Waals surface area contributed by atoms with E-state index in [2.05, 4.69) is 36.1 Å². The molecule has 2 heteroatoms. The van der Waals surface area contributed by atoms with Crippen LogP contribution in [0.15, 0.2) is 18.3 Å². The molecule has 2 nitrogen and oxygen atoms in total. The Balaban J connectivity index is 2.64. The third-order valence-electron chi connectivity index (χ3n) is 2.75. The molecule has 0 bridgehead atoms. The first kappa shape index (κ1) is 13.7. The number of hydrogen-bond acceptors (Lipinski definition) is 2. The van der Waals surface area contributed by atoms with Crippen molar-refractivity contribution in [1.29, 1.82) is 0 Å². The fraction of sp³-hybridized carbons (Fsp3) is 0.533. The number of nitrogens with zero attached hydrogens (tertiary/aromatic N) is 1. The van der Waals surface area contributed by atoms with Crippen LogP contribution in [-0.2, 0) is 0 Å². The van der Waals surface area contributed by atoms with Crippen LogP contribution in [-0.4, -0.2) is 11.5 Å². The first-order chi connectivity index (χ1) is 8.27. The SMILES string of the molecule is C#CCCCC(NCCC)c1cc(C)ccn1. The summed E-state index contributed by atoms with van der Waals surface area (Å²) in [5, 5.41) is 3.54. The molecule has 0 aromatic carbocycles. The Kier molecular flexibility index (Phi) is 6.35. The number of nitrogens with one attached hydrogen (secondary N) is 1. The number of terminal acetylenes is 1. The molecule has 1 aromatic rings. The number of unbranched alkanes of at least 4 members (excludes halogenated alkanes) is 1. The van der Waals surface area contributed by atoms with Gasteiger partial charge in [0.05, 0.1) is 5.69 Å². The highest BCUT2D eigenvalue weighted by Gasteiger charge is 2.11. The van der Waals surface area contributed by atoms with Gasteiger partial charge in [-0.25, -0.2) is 0 Å². The summed E-state index contributed by atoms with van der Waals surface area (Å²) in [5.74, 6) is 2.69. The fourth-order valence-electron chi connectivity index (χ4n) is 1.83. The topological polar surface area (TPSA) is 24.9 Å². The van der Waals surface area contributed by atoms with Gasteiger partial charge < -0.3 is 5.32 Å². The third kappa shape index (κ3) is 5.01. The van der Waals surface area contributed by atoms with Gasteiger partial charge in [0.25, 0.3) is 0 Å². The normalized spacial score (nSPS) is 12.1. The zero-order chi connectivity index (χ0) is 12.5. The van der Waals surface area contributed by atoms with Gasteiger partial charge in [-0.05, 0) is 50.4 Å². The van der Waals surface area contributed by atoms with E-state index in [4.69, 9.17) is 6.42 Å². The minimum absolute atomic E-state index is 0.336. The second-order valence-corrected chi connectivity index (χ2v) is 4.36. The van der Waals surface area contributed by atoms with Crippen molar-refractivity contribution < 1.29 is 0 Å². The summed E-state index contributed by atoms with van der Waals surface area (Å²) in [6, 6.07) is 4.52. The predicted molar refractivity (Wildman–Crippen MR) is 72.7 cm³/mol. The van der Waals surface area contributed by atoms with Crippen LogP contribution in [0.25, 0.3) is 0 Å². The summed E-state index contributed by atoms with van der Waals surface area (Å²) in [5.41, 5.74) is 2.39. The number of aryl methyl sites for hydroxylation is 1. The highest BCUT2D eigenvalue weighted by Crippen LogP contribution is 2.18.